The monoisotopic (exact) mass is 361 g/mol. The van der Waals surface area contributed by atoms with Crippen LogP contribution in [-0.2, 0) is 11.2 Å². The topological polar surface area (TPSA) is 63.3 Å². The van der Waals surface area contributed by atoms with Gasteiger partial charge in [0, 0.05) is 5.56 Å². The molecule has 23 heavy (non-hydrogen) atoms. The second-order valence-electron chi connectivity index (χ2n) is 4.48. The number of thiophene rings is 1. The van der Waals surface area contributed by atoms with Crippen molar-refractivity contribution in [2.45, 2.75) is 6.42 Å². The first-order valence-electron chi connectivity index (χ1n) is 6.26. The van der Waals surface area contributed by atoms with Gasteiger partial charge in [-0.05, 0) is 36.4 Å². The predicted octanol–water partition coefficient (Wildman–Crippen LogP) is 1.61. The molecule has 2 aromatic heterocycles. The third-order valence-electron chi connectivity index (χ3n) is 2.90. The van der Waals surface area contributed by atoms with Crippen LogP contribution in [-0.4, -0.2) is 16.1 Å². The Labute approximate surface area is 163 Å². The van der Waals surface area contributed by atoms with Gasteiger partial charge in [-0.2, -0.15) is 0 Å². The Balaban J connectivity index is 0.00000144. The number of aromatic nitrogens is 1. The summed E-state index contributed by atoms with van der Waals surface area (Å²) in [6.45, 7) is 0. The van der Waals surface area contributed by atoms with Crippen LogP contribution in [0, 0.1) is 5.82 Å². The molecule has 1 aromatic carbocycles. The van der Waals surface area contributed by atoms with Crippen LogP contribution in [0.2, 0.25) is 4.34 Å². The molecule has 4 nitrogen and oxygen atoms in total. The summed E-state index contributed by atoms with van der Waals surface area (Å²) >= 11 is 7.18. The van der Waals surface area contributed by atoms with E-state index in [1.165, 1.54) is 35.6 Å². The van der Waals surface area contributed by atoms with Crippen molar-refractivity contribution in [3.63, 3.8) is 0 Å². The second-order valence-corrected chi connectivity index (χ2v) is 6.19. The third-order valence-corrected chi connectivity index (χ3v) is 4.13. The SMILES string of the molecule is O=C(O)Cc1nc(-c2ccc(F)cc2)oc1-c1ccc(Cl)s1.[H-].[Na+]. The molecule has 0 aliphatic heterocycles. The second kappa shape index (κ2) is 7.59. The minimum Gasteiger partial charge on any atom is -1.00 e. The number of carbonyl (C=O) groups is 1. The van der Waals surface area contributed by atoms with Crippen LogP contribution in [0.4, 0.5) is 4.39 Å². The van der Waals surface area contributed by atoms with Gasteiger partial charge in [0.1, 0.15) is 5.82 Å². The summed E-state index contributed by atoms with van der Waals surface area (Å²) in [5.74, 6) is -0.761. The van der Waals surface area contributed by atoms with E-state index >= 15 is 0 Å². The van der Waals surface area contributed by atoms with Crippen molar-refractivity contribution in [1.82, 2.24) is 4.98 Å². The first kappa shape index (κ1) is 18.2. The fourth-order valence-electron chi connectivity index (χ4n) is 1.96. The zero-order valence-electron chi connectivity index (χ0n) is 13.0. The number of hydrogen-bond acceptors (Lipinski definition) is 4. The molecule has 0 spiro atoms. The minimum atomic E-state index is -1.01. The number of hydrogen-bond donors (Lipinski definition) is 1. The predicted molar refractivity (Wildman–Crippen MR) is 82.7 cm³/mol. The molecule has 0 bridgehead atoms. The van der Waals surface area contributed by atoms with Gasteiger partial charge in [-0.25, -0.2) is 9.37 Å². The van der Waals surface area contributed by atoms with Crippen molar-refractivity contribution in [3.8, 4) is 22.1 Å². The quantitative estimate of drug-likeness (QED) is 0.717. The van der Waals surface area contributed by atoms with Crippen molar-refractivity contribution in [3.05, 3.63) is 52.2 Å². The average Bonchev–Trinajstić information content (AvgIpc) is 3.05. The first-order valence-corrected chi connectivity index (χ1v) is 7.45. The van der Waals surface area contributed by atoms with Crippen LogP contribution in [0.25, 0.3) is 22.1 Å². The number of carboxylic acid groups (broad SMARTS) is 1. The van der Waals surface area contributed by atoms with E-state index in [0.29, 0.717) is 26.2 Å². The number of aliphatic carboxylic acids is 1. The summed E-state index contributed by atoms with van der Waals surface area (Å²) < 4.78 is 19.2. The van der Waals surface area contributed by atoms with Gasteiger partial charge in [-0.1, -0.05) is 11.6 Å². The van der Waals surface area contributed by atoms with Crippen LogP contribution in [0.3, 0.4) is 0 Å². The molecule has 0 radical (unpaired) electrons. The molecular formula is C15H10ClFNNaO3S. The Morgan fingerprint density at radius 1 is 1.30 bits per heavy atom. The van der Waals surface area contributed by atoms with Gasteiger partial charge < -0.3 is 11.0 Å². The molecular weight excluding hydrogens is 352 g/mol. The van der Waals surface area contributed by atoms with Crippen molar-refractivity contribution in [1.29, 1.82) is 0 Å². The maximum Gasteiger partial charge on any atom is 1.00 e. The van der Waals surface area contributed by atoms with Gasteiger partial charge in [0.05, 0.1) is 21.3 Å². The molecule has 0 aliphatic carbocycles. The molecule has 0 atom stereocenters. The average molecular weight is 362 g/mol. The Hall–Kier alpha value is -1.18. The zero-order chi connectivity index (χ0) is 15.7. The van der Waals surface area contributed by atoms with E-state index in [9.17, 15) is 9.18 Å². The number of halogens is 2. The van der Waals surface area contributed by atoms with Gasteiger partial charge >= 0.3 is 35.5 Å². The number of oxazole rings is 1. The Morgan fingerprint density at radius 2 is 2.00 bits per heavy atom. The standard InChI is InChI=1S/C15H9ClFNO3S.Na.H/c16-12-6-5-11(22-12)14-10(7-13(19)20)18-15(21-14)8-1-3-9(17)4-2-8;;/h1-6H,7H2,(H,19,20);;/q;+1;-1. The molecule has 8 heteroatoms. The fraction of sp³-hybridized carbons (Fsp3) is 0.0667. The molecule has 3 rings (SSSR count). The van der Waals surface area contributed by atoms with Gasteiger partial charge in [0.25, 0.3) is 0 Å². The van der Waals surface area contributed by atoms with Gasteiger partial charge in [-0.15, -0.1) is 11.3 Å². The zero-order valence-corrected chi connectivity index (χ0v) is 15.6. The summed E-state index contributed by atoms with van der Waals surface area (Å²) in [7, 11) is 0. The van der Waals surface area contributed by atoms with E-state index in [-0.39, 0.29) is 49.1 Å². The molecule has 0 aliphatic rings. The van der Waals surface area contributed by atoms with Gasteiger partial charge in [0.15, 0.2) is 5.76 Å². The summed E-state index contributed by atoms with van der Waals surface area (Å²) in [6, 6.07) is 9.07. The summed E-state index contributed by atoms with van der Waals surface area (Å²) in [5, 5.41) is 9.01. The van der Waals surface area contributed by atoms with E-state index in [1.54, 1.807) is 12.1 Å². The fourth-order valence-corrected chi connectivity index (χ4v) is 3.01. The Morgan fingerprint density at radius 3 is 2.57 bits per heavy atom. The van der Waals surface area contributed by atoms with Crippen LogP contribution in [0.5, 0.6) is 0 Å². The van der Waals surface area contributed by atoms with Crippen LogP contribution in [0.15, 0.2) is 40.8 Å². The van der Waals surface area contributed by atoms with E-state index in [0.717, 1.165) is 0 Å². The Kier molecular flexibility index (Phi) is 6.00. The minimum absolute atomic E-state index is 0. The van der Waals surface area contributed by atoms with Crippen molar-refractivity contribution < 1.29 is 49.7 Å². The molecule has 0 saturated heterocycles. The Bertz CT molecular complexity index is 838. The first-order chi connectivity index (χ1) is 10.5. The third kappa shape index (κ3) is 4.22. The molecule has 0 fully saturated rings. The summed E-state index contributed by atoms with van der Waals surface area (Å²) in [6.07, 6.45) is -0.268. The summed E-state index contributed by atoms with van der Waals surface area (Å²) in [4.78, 5) is 15.9. The molecule has 3 aromatic rings. The largest absolute Gasteiger partial charge is 1.00 e. The normalized spacial score (nSPS) is 10.3. The van der Waals surface area contributed by atoms with Crippen LogP contribution in [0.1, 0.15) is 7.12 Å². The van der Waals surface area contributed by atoms with Gasteiger partial charge in [-0.3, -0.25) is 4.79 Å². The maximum atomic E-state index is 13.0. The molecule has 0 unspecified atom stereocenters. The molecule has 0 amide bonds. The summed E-state index contributed by atoms with van der Waals surface area (Å²) in [5.41, 5.74) is 0.882. The molecule has 0 saturated carbocycles. The van der Waals surface area contributed by atoms with Crippen LogP contribution < -0.4 is 29.6 Å². The van der Waals surface area contributed by atoms with E-state index < -0.39 is 5.97 Å². The smallest absolute Gasteiger partial charge is 1.00 e. The van der Waals surface area contributed by atoms with E-state index in [4.69, 9.17) is 21.1 Å². The molecule has 114 valence electrons. The van der Waals surface area contributed by atoms with Crippen molar-refractivity contribution >= 4 is 28.9 Å². The maximum absolute atomic E-state index is 13.0. The van der Waals surface area contributed by atoms with Crippen molar-refractivity contribution in [2.24, 2.45) is 0 Å². The molecule has 2 heterocycles. The van der Waals surface area contributed by atoms with Crippen molar-refractivity contribution in [2.75, 3.05) is 0 Å². The van der Waals surface area contributed by atoms with E-state index in [1.807, 2.05) is 0 Å². The molecule has 1 N–H and O–H groups in total. The number of rotatable bonds is 4. The van der Waals surface area contributed by atoms with E-state index in [2.05, 4.69) is 4.98 Å². The van der Waals surface area contributed by atoms with Crippen LogP contribution >= 0.6 is 22.9 Å². The number of benzene rings is 1. The van der Waals surface area contributed by atoms with Gasteiger partial charge in [0.2, 0.25) is 5.89 Å². The number of nitrogens with zero attached hydrogens (tertiary/aromatic N) is 1. The number of carboxylic acids is 1.